The second-order valence-corrected chi connectivity index (χ2v) is 30.7. The van der Waals surface area contributed by atoms with Crippen LogP contribution in [0.5, 0.6) is 0 Å². The van der Waals surface area contributed by atoms with Gasteiger partial charge in [0.2, 0.25) is 0 Å². The van der Waals surface area contributed by atoms with Crippen LogP contribution in [0, 0.1) is 11.8 Å². The summed E-state index contributed by atoms with van der Waals surface area (Å²) in [6.07, 6.45) is 58.7. The van der Waals surface area contributed by atoms with E-state index >= 15 is 0 Å². The molecule has 0 N–H and O–H groups in total. The third kappa shape index (κ3) is 43.0. The van der Waals surface area contributed by atoms with Gasteiger partial charge in [0, 0.05) is 0 Å². The fraction of sp³-hybridized carbons (Fsp3) is 0.966. The van der Waals surface area contributed by atoms with Crippen LogP contribution in [0.1, 0.15) is 323 Å². The van der Waals surface area contributed by atoms with Crippen LogP contribution in [-0.4, -0.2) is 42.6 Å². The number of rotatable bonds is 54. The molecule has 0 heterocycles. The monoisotopic (exact) mass is 1060 g/mol. The van der Waals surface area contributed by atoms with Gasteiger partial charge in [-0.3, -0.25) is 0 Å². The van der Waals surface area contributed by atoms with Crippen molar-refractivity contribution in [3.05, 3.63) is 0 Å². The Balaban J connectivity index is 5.12. The van der Waals surface area contributed by atoms with Gasteiger partial charge in [-0.25, -0.2) is 0 Å². The van der Waals surface area contributed by atoms with Crippen LogP contribution in [0.25, 0.3) is 0 Å². The van der Waals surface area contributed by atoms with Crippen molar-refractivity contribution in [1.82, 2.24) is 0 Å². The molecule has 0 amide bonds. The Labute approximate surface area is 424 Å². The first-order valence-electron chi connectivity index (χ1n) is 29.6. The quantitative estimate of drug-likeness (QED) is 0.0362. The molecule has 65 heavy (non-hydrogen) atoms. The molecule has 388 valence electrons. The molecule has 0 rings (SSSR count). The van der Waals surface area contributed by atoms with E-state index in [1.54, 1.807) is 0 Å². The minimum atomic E-state index is -4.17. The van der Waals surface area contributed by atoms with Gasteiger partial charge in [-0.15, -0.1) is 0 Å². The summed E-state index contributed by atoms with van der Waals surface area (Å²) in [5, 5.41) is 0. The van der Waals surface area contributed by atoms with E-state index in [4.69, 9.17) is 31.4 Å². The minimum Gasteiger partial charge on any atom is -0.0654 e. The second-order valence-electron chi connectivity index (χ2n) is 20.7. The molecule has 0 radical (unpaired) electrons. The second kappa shape index (κ2) is 52.3. The summed E-state index contributed by atoms with van der Waals surface area (Å²) in [6.45, 7) is 9.11. The Hall–Kier alpha value is 0.439. The fourth-order valence-electron chi connectivity index (χ4n) is 9.68. The van der Waals surface area contributed by atoms with Crippen LogP contribution in [0.3, 0.4) is 0 Å². The van der Waals surface area contributed by atoms with Crippen molar-refractivity contribution in [2.24, 2.45) is 11.8 Å². The molecule has 2 atom stereocenters. The van der Waals surface area contributed by atoms with Crippen LogP contribution in [-0.2, 0) is 15.7 Å². The molecule has 0 aliphatic rings. The predicted octanol–water partition coefficient (Wildman–Crippen LogP) is 20.6. The zero-order valence-corrected chi connectivity index (χ0v) is 49.2. The average molecular weight is 1060 g/mol. The van der Waals surface area contributed by atoms with Crippen molar-refractivity contribution in [2.75, 3.05) is 11.5 Å². The topological polar surface area (TPSA) is 52.6 Å². The molecule has 0 aromatic rings. The van der Waals surface area contributed by atoms with E-state index in [1.807, 2.05) is 0 Å². The predicted molar refractivity (Wildman–Crippen MR) is 297 cm³/mol. The van der Waals surface area contributed by atoms with Gasteiger partial charge in [0.15, 0.2) is 0 Å². The molecule has 0 fully saturated rings. The van der Waals surface area contributed by atoms with Crippen LogP contribution in [0.2, 0.25) is 8.87 Å². The summed E-state index contributed by atoms with van der Waals surface area (Å²) in [5.41, 5.74) is 0. The first kappa shape index (κ1) is 65.4. The summed E-state index contributed by atoms with van der Waals surface area (Å²) >= 11 is 5.23. The molecule has 0 aromatic carbocycles. The number of hydrogen-bond acceptors (Lipinski definition) is 6. The maximum atomic E-state index is 14.2. The van der Waals surface area contributed by atoms with Gasteiger partial charge in [0.25, 0.3) is 0 Å². The Morgan fingerprint density at radius 3 is 0.692 bits per heavy atom. The summed E-state index contributed by atoms with van der Waals surface area (Å²) in [7, 11) is 0. The van der Waals surface area contributed by atoms with Gasteiger partial charge >= 0.3 is 311 Å². The van der Waals surface area contributed by atoms with Crippen molar-refractivity contribution in [3.8, 4) is 0 Å². The van der Waals surface area contributed by atoms with Crippen LogP contribution < -0.4 is 0 Å². The van der Waals surface area contributed by atoms with Gasteiger partial charge in [0.05, 0.1) is 0 Å². The maximum absolute atomic E-state index is 14.2. The molecule has 4 nitrogen and oxygen atoms in total. The van der Waals surface area contributed by atoms with Gasteiger partial charge in [-0.05, 0) is 0 Å². The number of carbonyl (C=O) groups excluding carboxylic acids is 2. The van der Waals surface area contributed by atoms with Crippen molar-refractivity contribution in [1.29, 1.82) is 0 Å². The van der Waals surface area contributed by atoms with E-state index < -0.39 is 19.2 Å². The standard InChI is InChI=1S/2C21H42O2S.2C8H17.Sn/c2*1-2-3-4-5-6-7-8-9-10-11-12-13-14-15-16-17-18-20(19-24)21(22)23;2*1-3-5-7-8-6-4-2;/h2*20,24H,2-19H2,1H3,(H,22,23);2*1,3-8H2,2H3;/q;;;;+2/p-2. The Bertz CT molecular complexity index is 905. The van der Waals surface area contributed by atoms with Crippen LogP contribution >= 0.6 is 25.3 Å². The summed E-state index contributed by atoms with van der Waals surface area (Å²) in [6, 6.07) is 0. The Morgan fingerprint density at radius 2 is 0.492 bits per heavy atom. The molecule has 0 aliphatic heterocycles. The molecular formula is C58H116O4S2Sn. The first-order valence-corrected chi connectivity index (χ1v) is 37.2. The zero-order chi connectivity index (χ0) is 47.6. The Kier molecular flexibility index (Phi) is 52.6. The van der Waals surface area contributed by atoms with Gasteiger partial charge in [-0.1, -0.05) is 117 Å². The number of thiol groups is 2. The van der Waals surface area contributed by atoms with Gasteiger partial charge < -0.3 is 0 Å². The van der Waals surface area contributed by atoms with E-state index in [1.165, 1.54) is 231 Å². The fourth-order valence-corrected chi connectivity index (χ4v) is 19.9. The van der Waals surface area contributed by atoms with Crippen molar-refractivity contribution in [2.45, 2.75) is 332 Å². The van der Waals surface area contributed by atoms with Gasteiger partial charge in [-0.2, -0.15) is 0 Å². The minimum absolute atomic E-state index is 0.123. The van der Waals surface area contributed by atoms with E-state index in [0.29, 0.717) is 11.5 Å². The van der Waals surface area contributed by atoms with E-state index in [9.17, 15) is 9.59 Å². The van der Waals surface area contributed by atoms with Crippen LogP contribution in [0.4, 0.5) is 0 Å². The summed E-state index contributed by atoms with van der Waals surface area (Å²) in [5.74, 6) is 0.308. The molecule has 0 bridgehead atoms. The molecule has 7 heteroatoms. The Morgan fingerprint density at radius 1 is 0.308 bits per heavy atom. The van der Waals surface area contributed by atoms with Crippen LogP contribution in [0.15, 0.2) is 0 Å². The summed E-state index contributed by atoms with van der Waals surface area (Å²) in [4.78, 5) is 28.3. The average Bonchev–Trinajstić information content (AvgIpc) is 3.30. The smallest absolute Gasteiger partial charge is 0.0654 e. The number of unbranched alkanes of at least 4 members (excludes halogenated alkanes) is 40. The van der Waals surface area contributed by atoms with E-state index in [-0.39, 0.29) is 23.8 Å². The zero-order valence-electron chi connectivity index (χ0n) is 44.5. The summed E-state index contributed by atoms with van der Waals surface area (Å²) < 4.78 is 15.2. The molecule has 0 spiro atoms. The van der Waals surface area contributed by atoms with E-state index in [0.717, 1.165) is 73.1 Å². The van der Waals surface area contributed by atoms with Gasteiger partial charge in [0.1, 0.15) is 0 Å². The molecule has 2 unspecified atom stereocenters. The third-order valence-corrected chi connectivity index (χ3v) is 24.8. The molecule has 0 aromatic heterocycles. The molecule has 0 aliphatic carbocycles. The number of carbonyl (C=O) groups is 2. The first-order chi connectivity index (χ1) is 31.9. The SMILES string of the molecule is CCCCCCCCCCCCCCCCCCC(CS)C(=O)[O][Sn]([CH2]CCCCCCC)([CH2]CCCCCCC)[O]C(=O)C(CS)CCCCCCCCCCCCCCCCCC. The van der Waals surface area contributed by atoms with Crippen molar-refractivity contribution < 1.29 is 15.7 Å². The van der Waals surface area contributed by atoms with E-state index in [2.05, 4.69) is 27.7 Å². The molecule has 0 saturated carbocycles. The van der Waals surface area contributed by atoms with Crippen molar-refractivity contribution >= 4 is 56.4 Å². The third-order valence-electron chi connectivity index (χ3n) is 14.3. The number of hydrogen-bond donors (Lipinski definition) is 2. The molecular weight excluding hydrogens is 943 g/mol. The molecule has 0 saturated heterocycles. The normalized spacial score (nSPS) is 12.8. The van der Waals surface area contributed by atoms with Crippen molar-refractivity contribution in [3.63, 3.8) is 0 Å².